The summed E-state index contributed by atoms with van der Waals surface area (Å²) < 4.78 is 5.53. The Bertz CT molecular complexity index is 481. The molecule has 1 fully saturated rings. The summed E-state index contributed by atoms with van der Waals surface area (Å²) in [6, 6.07) is 7.43. The number of ether oxygens (including phenoxy) is 1. The Morgan fingerprint density at radius 1 is 1.45 bits per heavy atom. The summed E-state index contributed by atoms with van der Waals surface area (Å²) in [5.74, 6) is -0.353. The molecule has 1 aromatic rings. The minimum absolute atomic E-state index is 0.101. The summed E-state index contributed by atoms with van der Waals surface area (Å²) in [7, 11) is 0. The van der Waals surface area contributed by atoms with Gasteiger partial charge < -0.3 is 15.6 Å². The zero-order valence-electron chi connectivity index (χ0n) is 12.6. The van der Waals surface area contributed by atoms with Crippen LogP contribution >= 0.6 is 11.6 Å². The first-order valence-electron chi connectivity index (χ1n) is 7.56. The van der Waals surface area contributed by atoms with Gasteiger partial charge in [0.15, 0.2) is 0 Å². The highest BCUT2D eigenvalue weighted by Crippen LogP contribution is 2.16. The van der Waals surface area contributed by atoms with Gasteiger partial charge in [0, 0.05) is 18.1 Å². The highest BCUT2D eigenvalue weighted by Gasteiger charge is 2.25. The van der Waals surface area contributed by atoms with Crippen LogP contribution in [0.15, 0.2) is 24.3 Å². The van der Waals surface area contributed by atoms with Crippen LogP contribution in [0.1, 0.15) is 18.4 Å². The number of rotatable bonds is 7. The molecule has 22 heavy (non-hydrogen) atoms. The smallest absolute Gasteiger partial charge is 0.221 e. The first-order valence-corrected chi connectivity index (χ1v) is 7.94. The van der Waals surface area contributed by atoms with Crippen LogP contribution < -0.4 is 5.73 Å². The number of β-amino-alcohol motifs (C(OH)–C–C–N with tert-alkyl or cyclic N) is 1. The zero-order chi connectivity index (χ0) is 15.9. The fourth-order valence-corrected chi connectivity index (χ4v) is 2.82. The molecule has 3 N–H and O–H groups in total. The second-order valence-electron chi connectivity index (χ2n) is 5.80. The molecule has 2 atom stereocenters. The lowest BCUT2D eigenvalue weighted by Gasteiger charge is -2.32. The average molecular weight is 327 g/mol. The van der Waals surface area contributed by atoms with Gasteiger partial charge in [0.1, 0.15) is 0 Å². The SMILES string of the molecule is NC(=O)C1CCCN(CC(O)COCc2ccc(Cl)cc2)C1. The van der Waals surface area contributed by atoms with Crippen LogP contribution in [-0.2, 0) is 16.1 Å². The van der Waals surface area contributed by atoms with E-state index in [9.17, 15) is 9.90 Å². The predicted molar refractivity (Wildman–Crippen MR) is 85.5 cm³/mol. The molecule has 5 nitrogen and oxygen atoms in total. The van der Waals surface area contributed by atoms with Gasteiger partial charge in [-0.3, -0.25) is 9.69 Å². The number of piperidine rings is 1. The molecule has 0 aromatic heterocycles. The Balaban J connectivity index is 1.68. The van der Waals surface area contributed by atoms with Crippen LogP contribution in [0.2, 0.25) is 5.02 Å². The van der Waals surface area contributed by atoms with E-state index in [1.54, 1.807) is 0 Å². The van der Waals surface area contributed by atoms with Gasteiger partial charge >= 0.3 is 0 Å². The third kappa shape index (κ3) is 5.57. The maximum Gasteiger partial charge on any atom is 0.221 e. The lowest BCUT2D eigenvalue weighted by molar-refractivity contribution is -0.123. The number of aliphatic hydroxyl groups excluding tert-OH is 1. The lowest BCUT2D eigenvalue weighted by Crippen LogP contribution is -2.44. The Kier molecular flexibility index (Phi) is 6.64. The third-order valence-electron chi connectivity index (χ3n) is 3.87. The number of halogens is 1. The summed E-state index contributed by atoms with van der Waals surface area (Å²) >= 11 is 5.82. The highest BCUT2D eigenvalue weighted by atomic mass is 35.5. The molecule has 1 amide bonds. The van der Waals surface area contributed by atoms with Crippen LogP contribution in [0.5, 0.6) is 0 Å². The minimum atomic E-state index is -0.570. The van der Waals surface area contributed by atoms with Crippen molar-refractivity contribution in [1.82, 2.24) is 4.90 Å². The van der Waals surface area contributed by atoms with Crippen molar-refractivity contribution in [2.45, 2.75) is 25.6 Å². The number of nitrogens with zero attached hydrogens (tertiary/aromatic N) is 1. The van der Waals surface area contributed by atoms with E-state index in [1.807, 2.05) is 24.3 Å². The first kappa shape index (κ1) is 17.2. The van der Waals surface area contributed by atoms with Gasteiger partial charge in [-0.2, -0.15) is 0 Å². The summed E-state index contributed by atoms with van der Waals surface area (Å²) in [4.78, 5) is 13.3. The molecule has 1 aliphatic rings. The molecule has 1 aromatic carbocycles. The van der Waals surface area contributed by atoms with Crippen molar-refractivity contribution >= 4 is 17.5 Å². The van der Waals surface area contributed by atoms with Crippen molar-refractivity contribution in [3.05, 3.63) is 34.9 Å². The monoisotopic (exact) mass is 326 g/mol. The Hall–Kier alpha value is -1.14. The number of primary amides is 1. The molecule has 1 heterocycles. The molecule has 1 saturated heterocycles. The number of hydrogen-bond donors (Lipinski definition) is 2. The van der Waals surface area contributed by atoms with Crippen LogP contribution in [-0.4, -0.2) is 48.3 Å². The van der Waals surface area contributed by atoms with E-state index in [2.05, 4.69) is 4.90 Å². The molecule has 0 bridgehead atoms. The van der Waals surface area contributed by atoms with Gasteiger partial charge in [0.25, 0.3) is 0 Å². The third-order valence-corrected chi connectivity index (χ3v) is 4.12. The number of nitrogens with two attached hydrogens (primary N) is 1. The highest BCUT2D eigenvalue weighted by molar-refractivity contribution is 6.30. The van der Waals surface area contributed by atoms with E-state index < -0.39 is 6.10 Å². The molecule has 0 aliphatic carbocycles. The molecule has 2 rings (SSSR count). The van der Waals surface area contributed by atoms with Crippen molar-refractivity contribution in [2.24, 2.45) is 11.7 Å². The number of hydrogen-bond acceptors (Lipinski definition) is 4. The van der Waals surface area contributed by atoms with Gasteiger partial charge in [-0.15, -0.1) is 0 Å². The van der Waals surface area contributed by atoms with Crippen LogP contribution in [0, 0.1) is 5.92 Å². The van der Waals surface area contributed by atoms with Gasteiger partial charge in [0.2, 0.25) is 5.91 Å². The summed E-state index contributed by atoms with van der Waals surface area (Å²) in [5.41, 5.74) is 6.37. The Labute approximate surface area is 136 Å². The number of benzene rings is 1. The number of aliphatic hydroxyl groups is 1. The minimum Gasteiger partial charge on any atom is -0.389 e. The zero-order valence-corrected chi connectivity index (χ0v) is 13.3. The predicted octanol–water partition coefficient (Wildman–Crippen LogP) is 1.41. The molecular formula is C16H23ClN2O3. The van der Waals surface area contributed by atoms with Gasteiger partial charge in [-0.05, 0) is 37.1 Å². The summed E-state index contributed by atoms with van der Waals surface area (Å²) in [6.07, 6.45) is 1.21. The van der Waals surface area contributed by atoms with E-state index in [0.717, 1.165) is 24.9 Å². The van der Waals surface area contributed by atoms with Crippen LogP contribution in [0.4, 0.5) is 0 Å². The van der Waals surface area contributed by atoms with Crippen molar-refractivity contribution in [2.75, 3.05) is 26.2 Å². The van der Waals surface area contributed by atoms with Crippen LogP contribution in [0.3, 0.4) is 0 Å². The van der Waals surface area contributed by atoms with Crippen molar-refractivity contribution in [3.8, 4) is 0 Å². The van der Waals surface area contributed by atoms with E-state index in [0.29, 0.717) is 24.7 Å². The Morgan fingerprint density at radius 3 is 2.86 bits per heavy atom. The molecule has 122 valence electrons. The second kappa shape index (κ2) is 8.48. The molecule has 0 radical (unpaired) electrons. The molecule has 2 unspecified atom stereocenters. The van der Waals surface area contributed by atoms with Gasteiger partial charge in [-0.25, -0.2) is 0 Å². The molecule has 6 heteroatoms. The number of likely N-dealkylation sites (tertiary alicyclic amines) is 1. The maximum absolute atomic E-state index is 11.2. The van der Waals surface area contributed by atoms with E-state index in [4.69, 9.17) is 22.1 Å². The molecule has 0 spiro atoms. The van der Waals surface area contributed by atoms with Crippen LogP contribution in [0.25, 0.3) is 0 Å². The van der Waals surface area contributed by atoms with E-state index in [-0.39, 0.29) is 18.4 Å². The van der Waals surface area contributed by atoms with Crippen molar-refractivity contribution in [1.29, 1.82) is 0 Å². The molecule has 0 saturated carbocycles. The standard InChI is InChI=1S/C16H23ClN2O3/c17-14-5-3-12(4-6-14)10-22-11-15(20)9-19-7-1-2-13(8-19)16(18)21/h3-6,13,15,20H,1-2,7-11H2,(H2,18,21). The largest absolute Gasteiger partial charge is 0.389 e. The topological polar surface area (TPSA) is 75.8 Å². The second-order valence-corrected chi connectivity index (χ2v) is 6.23. The van der Waals surface area contributed by atoms with Gasteiger partial charge in [0.05, 0.1) is 25.2 Å². The quantitative estimate of drug-likeness (QED) is 0.794. The Morgan fingerprint density at radius 2 is 2.18 bits per heavy atom. The maximum atomic E-state index is 11.2. The van der Waals surface area contributed by atoms with E-state index >= 15 is 0 Å². The molecular weight excluding hydrogens is 304 g/mol. The molecule has 1 aliphatic heterocycles. The number of amides is 1. The first-order chi connectivity index (χ1) is 10.5. The van der Waals surface area contributed by atoms with Crippen molar-refractivity contribution in [3.63, 3.8) is 0 Å². The normalized spacial score (nSPS) is 20.7. The van der Waals surface area contributed by atoms with Gasteiger partial charge in [-0.1, -0.05) is 23.7 Å². The summed E-state index contributed by atoms with van der Waals surface area (Å²) in [5, 5.41) is 10.7. The summed E-state index contributed by atoms with van der Waals surface area (Å²) in [6.45, 7) is 2.73. The number of carbonyl (C=O) groups is 1. The fraction of sp³-hybridized carbons (Fsp3) is 0.562. The fourth-order valence-electron chi connectivity index (χ4n) is 2.70. The van der Waals surface area contributed by atoms with E-state index in [1.165, 1.54) is 0 Å². The average Bonchev–Trinajstić information content (AvgIpc) is 2.49. The number of carbonyl (C=O) groups excluding carboxylic acids is 1. The van der Waals surface area contributed by atoms with Crippen molar-refractivity contribution < 1.29 is 14.6 Å². The lowest BCUT2D eigenvalue weighted by atomic mass is 9.97.